The number of hydrogen-bond acceptors (Lipinski definition) is 2. The molecule has 0 saturated carbocycles. The van der Waals surface area contributed by atoms with Crippen molar-refractivity contribution < 1.29 is 9.47 Å². The third kappa shape index (κ3) is 2.53. The standard InChI is InChI=1S/C19H18O2S/c1-20-16-10-6-5-9-15(16)19(22)18-14-8-4-3-7-13(14)11-12-17(18)21-2/h3-12,19,22H,1-2H3/p+1. The molecule has 112 valence electrons. The maximum Gasteiger partial charge on any atom is 0.171 e. The predicted octanol–water partition coefficient (Wildman–Crippen LogP) is 3.96. The van der Waals surface area contributed by atoms with E-state index >= 15 is 0 Å². The molecule has 3 rings (SSSR count). The summed E-state index contributed by atoms with van der Waals surface area (Å²) in [7, 11) is 3.40. The summed E-state index contributed by atoms with van der Waals surface area (Å²) in [5.74, 6) is 1.72. The summed E-state index contributed by atoms with van der Waals surface area (Å²) in [6, 6.07) is 20.5. The van der Waals surface area contributed by atoms with Gasteiger partial charge in [0.2, 0.25) is 0 Å². The van der Waals surface area contributed by atoms with Gasteiger partial charge in [-0.1, -0.05) is 42.5 Å². The minimum Gasteiger partial charge on any atom is -0.496 e. The van der Waals surface area contributed by atoms with Crippen molar-refractivity contribution in [2.24, 2.45) is 0 Å². The van der Waals surface area contributed by atoms with Gasteiger partial charge in [-0.25, -0.2) is 0 Å². The molecular formula is C19H19O2S+. The van der Waals surface area contributed by atoms with Gasteiger partial charge in [-0.3, -0.25) is 0 Å². The molecule has 3 aromatic carbocycles. The van der Waals surface area contributed by atoms with Crippen molar-refractivity contribution in [2.45, 2.75) is 5.25 Å². The van der Waals surface area contributed by atoms with Crippen molar-refractivity contribution in [2.75, 3.05) is 14.2 Å². The van der Waals surface area contributed by atoms with Crippen molar-refractivity contribution in [3.63, 3.8) is 0 Å². The molecule has 2 nitrogen and oxygen atoms in total. The number of para-hydroxylation sites is 1. The summed E-state index contributed by atoms with van der Waals surface area (Å²) in [6.45, 7) is 0. The van der Waals surface area contributed by atoms with E-state index in [1.165, 1.54) is 10.8 Å². The van der Waals surface area contributed by atoms with Gasteiger partial charge >= 0.3 is 0 Å². The third-order valence-corrected chi connectivity index (χ3v) is 4.49. The molecule has 0 saturated heterocycles. The Morgan fingerprint density at radius 2 is 1.45 bits per heavy atom. The van der Waals surface area contributed by atoms with Crippen LogP contribution in [0, 0.1) is 0 Å². The lowest BCUT2D eigenvalue weighted by Gasteiger charge is -2.16. The number of hydrogen-bond donors (Lipinski definition) is 0. The Morgan fingerprint density at radius 3 is 2.23 bits per heavy atom. The molecule has 0 N–H and O–H groups in total. The van der Waals surface area contributed by atoms with E-state index in [9.17, 15) is 0 Å². The number of fused-ring (bicyclic) bond motifs is 1. The zero-order chi connectivity index (χ0) is 15.5. The topological polar surface area (TPSA) is 18.5 Å². The second kappa shape index (κ2) is 6.32. The van der Waals surface area contributed by atoms with Crippen molar-refractivity contribution in [3.05, 3.63) is 71.8 Å². The van der Waals surface area contributed by atoms with Crippen LogP contribution in [0.2, 0.25) is 0 Å². The number of rotatable bonds is 4. The first kappa shape index (κ1) is 14.8. The van der Waals surface area contributed by atoms with Gasteiger partial charge in [0.1, 0.15) is 11.5 Å². The molecule has 0 spiro atoms. The molecule has 0 amide bonds. The van der Waals surface area contributed by atoms with Crippen LogP contribution in [0.15, 0.2) is 60.7 Å². The predicted molar refractivity (Wildman–Crippen MR) is 95.5 cm³/mol. The second-order valence-electron chi connectivity index (χ2n) is 5.08. The van der Waals surface area contributed by atoms with Gasteiger partial charge in [0.05, 0.1) is 25.3 Å². The van der Waals surface area contributed by atoms with E-state index in [2.05, 4.69) is 36.9 Å². The summed E-state index contributed by atoms with van der Waals surface area (Å²) < 4.78 is 11.1. The van der Waals surface area contributed by atoms with Crippen LogP contribution in [0.4, 0.5) is 0 Å². The zero-order valence-corrected chi connectivity index (χ0v) is 13.7. The van der Waals surface area contributed by atoms with Crippen LogP contribution >= 0.6 is 0 Å². The maximum absolute atomic E-state index is 5.60. The van der Waals surface area contributed by atoms with Gasteiger partial charge in [0.25, 0.3) is 0 Å². The Kier molecular flexibility index (Phi) is 4.25. The van der Waals surface area contributed by atoms with Crippen LogP contribution in [-0.2, 0) is 12.6 Å². The highest BCUT2D eigenvalue weighted by atomic mass is 32.1. The Morgan fingerprint density at radius 1 is 0.773 bits per heavy atom. The van der Waals surface area contributed by atoms with Gasteiger partial charge in [-0.2, -0.15) is 0 Å². The Balaban J connectivity index is 2.24. The molecule has 0 radical (unpaired) electrons. The van der Waals surface area contributed by atoms with E-state index in [1.54, 1.807) is 14.2 Å². The molecule has 0 heterocycles. The van der Waals surface area contributed by atoms with E-state index in [1.807, 2.05) is 36.4 Å². The summed E-state index contributed by atoms with van der Waals surface area (Å²) in [6.07, 6.45) is 0. The smallest absolute Gasteiger partial charge is 0.171 e. The molecule has 0 aromatic heterocycles. The highest BCUT2D eigenvalue weighted by Gasteiger charge is 2.25. The Labute approximate surface area is 136 Å². The first-order chi connectivity index (χ1) is 10.8. The average Bonchev–Trinajstić information content (AvgIpc) is 2.60. The van der Waals surface area contributed by atoms with E-state index in [0.717, 1.165) is 22.6 Å². The number of benzene rings is 3. The van der Waals surface area contributed by atoms with Gasteiger partial charge in [-0.15, -0.1) is 0 Å². The van der Waals surface area contributed by atoms with E-state index in [0.29, 0.717) is 0 Å². The highest BCUT2D eigenvalue weighted by Crippen LogP contribution is 2.39. The fourth-order valence-corrected chi connectivity index (χ4v) is 3.35. The van der Waals surface area contributed by atoms with Gasteiger partial charge in [-0.05, 0) is 41.6 Å². The Bertz CT molecular complexity index is 798. The SMILES string of the molecule is COc1ccccc1C([SH2+])c1c(OC)ccc2ccccc12. The fourth-order valence-electron chi connectivity index (χ4n) is 2.81. The molecule has 1 unspecified atom stereocenters. The van der Waals surface area contributed by atoms with Crippen molar-refractivity contribution in [1.82, 2.24) is 0 Å². The van der Waals surface area contributed by atoms with Gasteiger partial charge in [0.15, 0.2) is 5.25 Å². The molecule has 0 bridgehead atoms. The summed E-state index contributed by atoms with van der Waals surface area (Å²) >= 11 is 3.90. The van der Waals surface area contributed by atoms with Crippen LogP contribution in [0.1, 0.15) is 16.4 Å². The largest absolute Gasteiger partial charge is 0.496 e. The van der Waals surface area contributed by atoms with Crippen molar-refractivity contribution >= 4 is 23.4 Å². The Hall–Kier alpha value is -2.13. The van der Waals surface area contributed by atoms with Crippen molar-refractivity contribution in [3.8, 4) is 11.5 Å². The minimum atomic E-state index is -0.0165. The summed E-state index contributed by atoms with van der Waals surface area (Å²) in [5.41, 5.74) is 2.19. The lowest BCUT2D eigenvalue weighted by molar-refractivity contribution is 0.405. The molecular weight excluding hydrogens is 292 g/mol. The lowest BCUT2D eigenvalue weighted by Crippen LogP contribution is -2.03. The highest BCUT2D eigenvalue weighted by molar-refractivity contribution is 7.59. The summed E-state index contributed by atoms with van der Waals surface area (Å²) in [4.78, 5) is 0. The molecule has 22 heavy (non-hydrogen) atoms. The van der Waals surface area contributed by atoms with Crippen LogP contribution in [-0.4, -0.2) is 14.2 Å². The van der Waals surface area contributed by atoms with Crippen LogP contribution in [0.5, 0.6) is 11.5 Å². The zero-order valence-electron chi connectivity index (χ0n) is 12.7. The number of methoxy groups -OCH3 is 2. The second-order valence-corrected chi connectivity index (χ2v) is 5.65. The monoisotopic (exact) mass is 311 g/mol. The molecule has 0 aliphatic rings. The molecule has 0 aliphatic heterocycles. The van der Waals surface area contributed by atoms with Crippen LogP contribution in [0.3, 0.4) is 0 Å². The quantitative estimate of drug-likeness (QED) is 0.679. The molecule has 0 fully saturated rings. The van der Waals surface area contributed by atoms with E-state index in [-0.39, 0.29) is 5.25 Å². The van der Waals surface area contributed by atoms with Gasteiger partial charge < -0.3 is 9.47 Å². The molecule has 3 heteroatoms. The fraction of sp³-hybridized carbons (Fsp3) is 0.158. The molecule has 3 aromatic rings. The van der Waals surface area contributed by atoms with Crippen LogP contribution < -0.4 is 9.47 Å². The first-order valence-electron chi connectivity index (χ1n) is 7.16. The molecule has 0 aliphatic carbocycles. The summed E-state index contributed by atoms with van der Waals surface area (Å²) in [5, 5.41) is 2.35. The van der Waals surface area contributed by atoms with Gasteiger partial charge in [0, 0.05) is 0 Å². The number of ether oxygens (including phenoxy) is 2. The first-order valence-corrected chi connectivity index (χ1v) is 7.73. The lowest BCUT2D eigenvalue weighted by atomic mass is 9.96. The third-order valence-electron chi connectivity index (χ3n) is 3.89. The van der Waals surface area contributed by atoms with Crippen molar-refractivity contribution in [1.29, 1.82) is 0 Å². The van der Waals surface area contributed by atoms with E-state index < -0.39 is 0 Å². The molecule has 1 atom stereocenters. The average molecular weight is 311 g/mol. The minimum absolute atomic E-state index is 0.0165. The van der Waals surface area contributed by atoms with Crippen LogP contribution in [0.25, 0.3) is 10.8 Å². The van der Waals surface area contributed by atoms with E-state index in [4.69, 9.17) is 9.47 Å². The normalized spacial score (nSPS) is 12.1. The maximum atomic E-state index is 5.60.